The molecular weight excluding hydrogens is 342 g/mol. The van der Waals surface area contributed by atoms with E-state index in [0.717, 1.165) is 51.0 Å². The molecule has 1 N–H and O–H groups in total. The van der Waals surface area contributed by atoms with Gasteiger partial charge in [0.1, 0.15) is 0 Å². The maximum atomic E-state index is 12.6. The van der Waals surface area contributed by atoms with Gasteiger partial charge in [-0.1, -0.05) is 19.1 Å². The highest BCUT2D eigenvalue weighted by molar-refractivity contribution is 5.89. The van der Waals surface area contributed by atoms with E-state index in [1.54, 1.807) is 6.92 Å². The van der Waals surface area contributed by atoms with Crippen molar-refractivity contribution < 1.29 is 14.3 Å². The van der Waals surface area contributed by atoms with Crippen molar-refractivity contribution >= 4 is 17.6 Å². The maximum absolute atomic E-state index is 12.6. The van der Waals surface area contributed by atoms with Crippen molar-refractivity contribution in [1.29, 1.82) is 0 Å². The van der Waals surface area contributed by atoms with Crippen molar-refractivity contribution in [2.75, 3.05) is 31.6 Å². The Balaban J connectivity index is 1.55. The number of ether oxygens (including phenoxy) is 1. The largest absolute Gasteiger partial charge is 0.381 e. The van der Waals surface area contributed by atoms with E-state index >= 15 is 0 Å². The highest BCUT2D eigenvalue weighted by Crippen LogP contribution is 2.24. The number of anilines is 1. The summed E-state index contributed by atoms with van der Waals surface area (Å²) in [6, 6.07) is 8.42. The molecule has 2 saturated heterocycles. The number of nitrogens with zero attached hydrogens (tertiary/aromatic N) is 2. The lowest BCUT2D eigenvalue weighted by molar-refractivity contribution is -0.137. The summed E-state index contributed by atoms with van der Waals surface area (Å²) in [5.41, 5.74) is 2.05. The summed E-state index contributed by atoms with van der Waals surface area (Å²) >= 11 is 0. The lowest BCUT2D eigenvalue weighted by Crippen LogP contribution is -2.53. The van der Waals surface area contributed by atoms with Crippen LogP contribution in [0.2, 0.25) is 0 Å². The Bertz CT molecular complexity index is 650. The normalized spacial score (nSPS) is 19.0. The summed E-state index contributed by atoms with van der Waals surface area (Å²) in [4.78, 5) is 28.8. The summed E-state index contributed by atoms with van der Waals surface area (Å²) < 4.78 is 5.44. The van der Waals surface area contributed by atoms with Crippen LogP contribution in [0.15, 0.2) is 24.3 Å². The number of piperidine rings is 1. The molecule has 27 heavy (non-hydrogen) atoms. The first-order valence-corrected chi connectivity index (χ1v) is 10.1. The summed E-state index contributed by atoms with van der Waals surface area (Å²) in [5, 5.41) is 3.01. The number of carbonyl (C=O) groups excluding carboxylic acids is 2. The monoisotopic (exact) mass is 373 g/mol. The Morgan fingerprint density at radius 1 is 1.15 bits per heavy atom. The van der Waals surface area contributed by atoms with Gasteiger partial charge in [0.05, 0.1) is 0 Å². The van der Waals surface area contributed by atoms with E-state index in [2.05, 4.69) is 23.2 Å². The van der Waals surface area contributed by atoms with Crippen molar-refractivity contribution in [3.05, 3.63) is 29.8 Å². The van der Waals surface area contributed by atoms with Crippen molar-refractivity contribution in [2.24, 2.45) is 0 Å². The highest BCUT2D eigenvalue weighted by atomic mass is 16.5. The third kappa shape index (κ3) is 5.01. The first kappa shape index (κ1) is 19.7. The van der Waals surface area contributed by atoms with E-state index in [1.807, 2.05) is 23.1 Å². The van der Waals surface area contributed by atoms with Crippen LogP contribution in [-0.2, 0) is 16.0 Å². The van der Waals surface area contributed by atoms with Crippen LogP contribution in [-0.4, -0.2) is 60.1 Å². The summed E-state index contributed by atoms with van der Waals surface area (Å²) in [6.07, 6.45) is 4.43. The second-order valence-electron chi connectivity index (χ2n) is 7.47. The average molecular weight is 373 g/mol. The van der Waals surface area contributed by atoms with Crippen LogP contribution in [0.3, 0.4) is 0 Å². The lowest BCUT2D eigenvalue weighted by atomic mass is 9.98. The number of amides is 3. The first-order valence-electron chi connectivity index (χ1n) is 10.1. The van der Waals surface area contributed by atoms with E-state index in [0.29, 0.717) is 13.1 Å². The van der Waals surface area contributed by atoms with E-state index in [9.17, 15) is 9.59 Å². The summed E-state index contributed by atoms with van der Waals surface area (Å²) in [6.45, 7) is 6.58. The van der Waals surface area contributed by atoms with Gasteiger partial charge in [-0.2, -0.15) is 0 Å². The zero-order valence-corrected chi connectivity index (χ0v) is 16.4. The van der Waals surface area contributed by atoms with Gasteiger partial charge in [-0.15, -0.1) is 0 Å². The number of nitrogens with one attached hydrogen (secondary N) is 1. The van der Waals surface area contributed by atoms with Crippen molar-refractivity contribution in [1.82, 2.24) is 9.80 Å². The molecule has 1 aromatic carbocycles. The summed E-state index contributed by atoms with van der Waals surface area (Å²) in [5.74, 6) is 0.140. The molecule has 0 unspecified atom stereocenters. The Kier molecular flexibility index (Phi) is 6.72. The second-order valence-corrected chi connectivity index (χ2v) is 7.47. The van der Waals surface area contributed by atoms with Crippen molar-refractivity contribution in [3.63, 3.8) is 0 Å². The number of hydrogen-bond acceptors (Lipinski definition) is 3. The topological polar surface area (TPSA) is 61.9 Å². The number of benzene rings is 1. The molecule has 0 saturated carbocycles. The fourth-order valence-corrected chi connectivity index (χ4v) is 4.19. The third-order valence-electron chi connectivity index (χ3n) is 5.68. The van der Waals surface area contributed by atoms with Crippen LogP contribution >= 0.6 is 0 Å². The number of hydrogen-bond donors (Lipinski definition) is 1. The van der Waals surface area contributed by atoms with Gasteiger partial charge in [-0.25, -0.2) is 4.79 Å². The molecule has 2 aliphatic heterocycles. The van der Waals surface area contributed by atoms with E-state index in [4.69, 9.17) is 4.74 Å². The molecule has 0 aromatic heterocycles. The minimum Gasteiger partial charge on any atom is -0.381 e. The van der Waals surface area contributed by atoms with Gasteiger partial charge in [-0.3, -0.25) is 4.79 Å². The molecule has 0 bridgehead atoms. The second kappa shape index (κ2) is 9.22. The number of aryl methyl sites for hydroxylation is 1. The van der Waals surface area contributed by atoms with E-state index in [-0.39, 0.29) is 24.0 Å². The quantitative estimate of drug-likeness (QED) is 0.881. The highest BCUT2D eigenvalue weighted by Gasteiger charge is 2.33. The minimum absolute atomic E-state index is 0.0536. The molecule has 2 heterocycles. The standard InChI is InChI=1S/C21H31N3O3/c1-3-17-5-4-6-18(15-17)22-21(26)23-11-7-19(8-12-23)24(16(2)25)20-9-13-27-14-10-20/h4-6,15,19-20H,3,7-14H2,1-2H3,(H,22,26). The molecular formula is C21H31N3O3. The van der Waals surface area contributed by atoms with Gasteiger partial charge < -0.3 is 19.9 Å². The number of likely N-dealkylation sites (tertiary alicyclic amines) is 1. The molecule has 0 radical (unpaired) electrons. The van der Waals surface area contributed by atoms with Gasteiger partial charge >= 0.3 is 6.03 Å². The Labute approximate surface area is 161 Å². The van der Waals surface area contributed by atoms with Crippen molar-refractivity contribution in [2.45, 2.75) is 58.0 Å². The molecule has 3 amide bonds. The Morgan fingerprint density at radius 2 is 1.81 bits per heavy atom. The molecule has 0 spiro atoms. The van der Waals surface area contributed by atoms with Crippen LogP contribution in [0, 0.1) is 0 Å². The van der Waals surface area contributed by atoms with Gasteiger partial charge in [0.2, 0.25) is 5.91 Å². The van der Waals surface area contributed by atoms with Crippen LogP contribution in [0.4, 0.5) is 10.5 Å². The predicted molar refractivity (Wildman–Crippen MR) is 106 cm³/mol. The molecule has 148 valence electrons. The molecule has 2 aliphatic rings. The van der Waals surface area contributed by atoms with E-state index < -0.39 is 0 Å². The van der Waals surface area contributed by atoms with E-state index in [1.165, 1.54) is 5.56 Å². The van der Waals surface area contributed by atoms with Crippen LogP contribution in [0.25, 0.3) is 0 Å². The lowest BCUT2D eigenvalue weighted by Gasteiger charge is -2.43. The maximum Gasteiger partial charge on any atom is 0.321 e. The van der Waals surface area contributed by atoms with Gasteiger partial charge in [-0.05, 0) is 49.8 Å². The first-order chi connectivity index (χ1) is 13.1. The van der Waals surface area contributed by atoms with Gasteiger partial charge in [0.25, 0.3) is 0 Å². The van der Waals surface area contributed by atoms with Crippen LogP contribution in [0.5, 0.6) is 0 Å². The zero-order valence-electron chi connectivity index (χ0n) is 16.4. The predicted octanol–water partition coefficient (Wildman–Crippen LogP) is 3.27. The number of rotatable bonds is 4. The zero-order chi connectivity index (χ0) is 19.2. The Morgan fingerprint density at radius 3 is 2.44 bits per heavy atom. The van der Waals surface area contributed by atoms with Crippen molar-refractivity contribution in [3.8, 4) is 0 Å². The van der Waals surface area contributed by atoms with Crippen LogP contribution in [0.1, 0.15) is 45.1 Å². The molecule has 6 heteroatoms. The smallest absolute Gasteiger partial charge is 0.321 e. The Hall–Kier alpha value is -2.08. The van der Waals surface area contributed by atoms with Gasteiger partial charge in [0.15, 0.2) is 0 Å². The molecule has 3 rings (SSSR count). The minimum atomic E-state index is -0.0536. The molecule has 0 atom stereocenters. The number of urea groups is 1. The average Bonchev–Trinajstić information content (AvgIpc) is 2.69. The molecule has 1 aromatic rings. The summed E-state index contributed by atoms with van der Waals surface area (Å²) in [7, 11) is 0. The SMILES string of the molecule is CCc1cccc(NC(=O)N2CCC(N(C(C)=O)C3CCOCC3)CC2)c1. The van der Waals surface area contributed by atoms with Gasteiger partial charge in [0, 0.05) is 51.0 Å². The third-order valence-corrected chi connectivity index (χ3v) is 5.68. The fraction of sp³-hybridized carbons (Fsp3) is 0.619. The molecule has 0 aliphatic carbocycles. The van der Waals surface area contributed by atoms with Crippen LogP contribution < -0.4 is 5.32 Å². The molecule has 6 nitrogen and oxygen atoms in total. The fourth-order valence-electron chi connectivity index (χ4n) is 4.19. The molecule has 2 fully saturated rings. The number of carbonyl (C=O) groups is 2.